The number of hydrogen-bond donors (Lipinski definition) is 1. The highest BCUT2D eigenvalue weighted by Gasteiger charge is 2.14. The van der Waals surface area contributed by atoms with Crippen LogP contribution in [0, 0.1) is 6.92 Å². The second-order valence-corrected chi connectivity index (χ2v) is 6.50. The summed E-state index contributed by atoms with van der Waals surface area (Å²) in [5.41, 5.74) is 1.87. The van der Waals surface area contributed by atoms with E-state index >= 15 is 0 Å². The highest BCUT2D eigenvalue weighted by molar-refractivity contribution is 6.31. The summed E-state index contributed by atoms with van der Waals surface area (Å²) in [6, 6.07) is 0. The van der Waals surface area contributed by atoms with Gasteiger partial charge >= 0.3 is 0 Å². The van der Waals surface area contributed by atoms with E-state index in [0.29, 0.717) is 18.1 Å². The number of hydrogen-bond acceptors (Lipinski definition) is 4. The van der Waals surface area contributed by atoms with Gasteiger partial charge in [0.15, 0.2) is 5.82 Å². The van der Waals surface area contributed by atoms with E-state index in [1.165, 1.54) is 0 Å². The monoisotopic (exact) mass is 310 g/mol. The summed E-state index contributed by atoms with van der Waals surface area (Å²) in [6.07, 6.45) is 1.73. The maximum atomic E-state index is 6.31. The average Bonchev–Trinajstić information content (AvgIpc) is 2.95. The molecular weight excluding hydrogens is 288 g/mol. The Morgan fingerprint density at radius 1 is 1.29 bits per heavy atom. The van der Waals surface area contributed by atoms with Crippen LogP contribution in [-0.2, 0) is 19.6 Å². The Hall–Kier alpha value is -1.40. The number of nitrogens with zero attached hydrogens (tertiary/aromatic N) is 5. The molecule has 0 radical (unpaired) electrons. The molecule has 0 spiro atoms. The van der Waals surface area contributed by atoms with E-state index in [4.69, 9.17) is 11.6 Å². The molecule has 2 aromatic rings. The van der Waals surface area contributed by atoms with E-state index < -0.39 is 0 Å². The van der Waals surface area contributed by atoms with Gasteiger partial charge < -0.3 is 5.32 Å². The van der Waals surface area contributed by atoms with Crippen molar-refractivity contribution in [1.82, 2.24) is 29.9 Å². The topological polar surface area (TPSA) is 60.6 Å². The van der Waals surface area contributed by atoms with Crippen LogP contribution in [0.2, 0.25) is 5.02 Å². The van der Waals surface area contributed by atoms with Gasteiger partial charge in [0, 0.05) is 12.1 Å². The quantitative estimate of drug-likeness (QED) is 0.921. The van der Waals surface area contributed by atoms with Crippen LogP contribution in [0.1, 0.15) is 44.9 Å². The summed E-state index contributed by atoms with van der Waals surface area (Å²) < 4.78 is 3.71. The van der Waals surface area contributed by atoms with E-state index in [2.05, 4.69) is 41.3 Å². The number of halogens is 1. The van der Waals surface area contributed by atoms with Gasteiger partial charge in [-0.3, -0.25) is 4.68 Å². The van der Waals surface area contributed by atoms with Gasteiger partial charge in [-0.15, -0.1) is 0 Å². The van der Waals surface area contributed by atoms with Crippen LogP contribution in [0.5, 0.6) is 0 Å². The second kappa shape index (κ2) is 6.15. The van der Waals surface area contributed by atoms with Gasteiger partial charge in [-0.2, -0.15) is 10.2 Å². The number of aryl methyl sites for hydroxylation is 2. The Bertz CT molecular complexity index is 607. The average molecular weight is 311 g/mol. The normalized spacial score (nSPS) is 12.1. The van der Waals surface area contributed by atoms with Crippen LogP contribution in [0.25, 0.3) is 0 Å². The van der Waals surface area contributed by atoms with Crippen LogP contribution in [0.3, 0.4) is 0 Å². The van der Waals surface area contributed by atoms with E-state index in [0.717, 1.165) is 23.8 Å². The Morgan fingerprint density at radius 2 is 2.00 bits per heavy atom. The van der Waals surface area contributed by atoms with Crippen molar-refractivity contribution in [2.45, 2.75) is 59.8 Å². The van der Waals surface area contributed by atoms with Crippen molar-refractivity contribution in [3.05, 3.63) is 28.6 Å². The molecule has 21 heavy (non-hydrogen) atoms. The van der Waals surface area contributed by atoms with Gasteiger partial charge in [-0.05, 0) is 34.6 Å². The minimum Gasteiger partial charge on any atom is -0.305 e. The maximum Gasteiger partial charge on any atom is 0.164 e. The Labute approximate surface area is 130 Å². The van der Waals surface area contributed by atoms with Crippen molar-refractivity contribution in [2.24, 2.45) is 0 Å². The molecule has 0 unspecified atom stereocenters. The van der Waals surface area contributed by atoms with Crippen LogP contribution in [0.15, 0.2) is 6.33 Å². The Balaban J connectivity index is 2.09. The SMILES string of the molecule is CCn1nc(C)c(Cl)c1Cn1cnc(CNC(C)(C)C)n1. The molecule has 0 saturated heterocycles. The van der Waals surface area contributed by atoms with Crippen molar-refractivity contribution >= 4 is 11.6 Å². The third-order valence-corrected chi connectivity index (χ3v) is 3.62. The van der Waals surface area contributed by atoms with Gasteiger partial charge in [0.25, 0.3) is 0 Å². The predicted octanol–water partition coefficient (Wildman–Crippen LogP) is 2.39. The molecule has 0 aromatic carbocycles. The first kappa shape index (κ1) is 16.0. The van der Waals surface area contributed by atoms with E-state index in [1.54, 1.807) is 11.0 Å². The van der Waals surface area contributed by atoms with Crippen molar-refractivity contribution in [1.29, 1.82) is 0 Å². The molecule has 6 nitrogen and oxygen atoms in total. The molecular formula is C14H23ClN6. The van der Waals surface area contributed by atoms with Gasteiger partial charge in [0.2, 0.25) is 0 Å². The number of aromatic nitrogens is 5. The van der Waals surface area contributed by atoms with Gasteiger partial charge in [-0.1, -0.05) is 11.6 Å². The summed E-state index contributed by atoms with van der Waals surface area (Å²) in [5, 5.41) is 13.0. The fourth-order valence-corrected chi connectivity index (χ4v) is 2.20. The molecule has 2 heterocycles. The van der Waals surface area contributed by atoms with Crippen molar-refractivity contribution in [3.8, 4) is 0 Å². The molecule has 116 valence electrons. The lowest BCUT2D eigenvalue weighted by atomic mass is 10.1. The summed E-state index contributed by atoms with van der Waals surface area (Å²) in [5.74, 6) is 0.778. The van der Waals surface area contributed by atoms with E-state index in [1.807, 2.05) is 18.5 Å². The molecule has 2 aromatic heterocycles. The smallest absolute Gasteiger partial charge is 0.164 e. The zero-order valence-electron chi connectivity index (χ0n) is 13.3. The summed E-state index contributed by atoms with van der Waals surface area (Å²) >= 11 is 6.31. The van der Waals surface area contributed by atoms with Crippen LogP contribution in [0.4, 0.5) is 0 Å². The first-order chi connectivity index (χ1) is 9.80. The third-order valence-electron chi connectivity index (χ3n) is 3.13. The van der Waals surface area contributed by atoms with Gasteiger partial charge in [0.05, 0.1) is 29.5 Å². The second-order valence-electron chi connectivity index (χ2n) is 6.12. The van der Waals surface area contributed by atoms with Crippen LogP contribution in [-0.4, -0.2) is 30.1 Å². The van der Waals surface area contributed by atoms with Gasteiger partial charge in [0.1, 0.15) is 6.33 Å². The molecule has 0 atom stereocenters. The predicted molar refractivity (Wildman–Crippen MR) is 83.4 cm³/mol. The summed E-state index contributed by atoms with van der Waals surface area (Å²) in [6.45, 7) is 12.3. The minimum absolute atomic E-state index is 0.0483. The summed E-state index contributed by atoms with van der Waals surface area (Å²) in [4.78, 5) is 4.32. The minimum atomic E-state index is 0.0483. The molecule has 0 aliphatic rings. The first-order valence-corrected chi connectivity index (χ1v) is 7.53. The highest BCUT2D eigenvalue weighted by atomic mass is 35.5. The van der Waals surface area contributed by atoms with Gasteiger partial charge in [-0.25, -0.2) is 9.67 Å². The summed E-state index contributed by atoms with van der Waals surface area (Å²) in [7, 11) is 0. The fraction of sp³-hybridized carbons (Fsp3) is 0.643. The largest absolute Gasteiger partial charge is 0.305 e. The van der Waals surface area contributed by atoms with Crippen LogP contribution < -0.4 is 5.32 Å². The Kier molecular flexibility index (Phi) is 4.68. The van der Waals surface area contributed by atoms with Crippen LogP contribution >= 0.6 is 11.6 Å². The maximum absolute atomic E-state index is 6.31. The zero-order chi connectivity index (χ0) is 15.6. The Morgan fingerprint density at radius 3 is 2.62 bits per heavy atom. The van der Waals surface area contributed by atoms with Crippen molar-refractivity contribution < 1.29 is 0 Å². The lowest BCUT2D eigenvalue weighted by Crippen LogP contribution is -2.35. The first-order valence-electron chi connectivity index (χ1n) is 7.15. The number of nitrogens with one attached hydrogen (secondary N) is 1. The lowest BCUT2D eigenvalue weighted by molar-refractivity contribution is 0.416. The molecule has 0 fully saturated rings. The van der Waals surface area contributed by atoms with E-state index in [-0.39, 0.29) is 5.54 Å². The van der Waals surface area contributed by atoms with E-state index in [9.17, 15) is 0 Å². The van der Waals surface area contributed by atoms with Crippen molar-refractivity contribution in [3.63, 3.8) is 0 Å². The molecule has 0 saturated carbocycles. The molecule has 0 amide bonds. The fourth-order valence-electron chi connectivity index (χ4n) is 2.01. The molecule has 0 aliphatic carbocycles. The molecule has 7 heteroatoms. The molecule has 0 bridgehead atoms. The molecule has 0 aliphatic heterocycles. The lowest BCUT2D eigenvalue weighted by Gasteiger charge is -2.19. The molecule has 2 rings (SSSR count). The standard InChI is InChI=1S/C14H23ClN6/c1-6-21-11(13(15)10(2)18-21)8-20-9-16-12(19-20)7-17-14(3,4)5/h9,17H,6-8H2,1-5H3. The third kappa shape index (κ3) is 4.04. The highest BCUT2D eigenvalue weighted by Crippen LogP contribution is 2.20. The number of rotatable bonds is 5. The molecule has 1 N–H and O–H groups in total. The van der Waals surface area contributed by atoms with Crippen molar-refractivity contribution in [2.75, 3.05) is 0 Å². The zero-order valence-corrected chi connectivity index (χ0v) is 14.1.